The van der Waals surface area contributed by atoms with E-state index < -0.39 is 0 Å². The minimum Gasteiger partial charge on any atom is -0.486 e. The first-order valence-corrected chi connectivity index (χ1v) is 5.56. The van der Waals surface area contributed by atoms with E-state index in [1.807, 2.05) is 0 Å². The lowest BCUT2D eigenvalue weighted by Gasteiger charge is -2.25. The van der Waals surface area contributed by atoms with Crippen molar-refractivity contribution in [3.8, 4) is 5.75 Å². The van der Waals surface area contributed by atoms with E-state index in [4.69, 9.17) is 4.74 Å². The quantitative estimate of drug-likeness (QED) is 0.800. The number of benzene rings is 1. The molecule has 1 aromatic rings. The summed E-state index contributed by atoms with van der Waals surface area (Å²) in [5, 5.41) is 3.33. The molecule has 0 amide bonds. The molecule has 1 unspecified atom stereocenters. The Hall–Kier alpha value is -1.02. The molecule has 2 nitrogen and oxygen atoms in total. The van der Waals surface area contributed by atoms with Crippen LogP contribution in [0.5, 0.6) is 5.75 Å². The lowest BCUT2D eigenvalue weighted by Crippen LogP contribution is -2.34. The summed E-state index contributed by atoms with van der Waals surface area (Å²) in [6, 6.07) is 6.31. The average Bonchev–Trinajstić information content (AvgIpc) is 2.59. The molecule has 82 valence electrons. The van der Waals surface area contributed by atoms with Gasteiger partial charge in [0, 0.05) is 13.0 Å². The zero-order chi connectivity index (χ0) is 10.9. The van der Waals surface area contributed by atoms with Gasteiger partial charge < -0.3 is 10.1 Å². The van der Waals surface area contributed by atoms with Gasteiger partial charge in [-0.05, 0) is 50.6 Å². The highest BCUT2D eigenvalue weighted by molar-refractivity contribution is 5.34. The van der Waals surface area contributed by atoms with Crippen molar-refractivity contribution in [2.75, 3.05) is 13.1 Å². The van der Waals surface area contributed by atoms with Crippen LogP contribution in [0.25, 0.3) is 0 Å². The van der Waals surface area contributed by atoms with Gasteiger partial charge in [0.2, 0.25) is 0 Å². The Labute approximate surface area is 91.6 Å². The molecular weight excluding hydrogens is 186 g/mol. The first-order valence-electron chi connectivity index (χ1n) is 5.56. The molecule has 1 atom stereocenters. The molecule has 1 aromatic carbocycles. The van der Waals surface area contributed by atoms with Crippen molar-refractivity contribution < 1.29 is 4.74 Å². The van der Waals surface area contributed by atoms with Crippen LogP contribution in [0.4, 0.5) is 0 Å². The summed E-state index contributed by atoms with van der Waals surface area (Å²) < 4.78 is 6.04. The maximum atomic E-state index is 6.04. The van der Waals surface area contributed by atoms with Crippen molar-refractivity contribution >= 4 is 0 Å². The average molecular weight is 205 g/mol. The summed E-state index contributed by atoms with van der Waals surface area (Å²) in [6.45, 7) is 8.42. The third-order valence-corrected chi connectivity index (χ3v) is 3.17. The topological polar surface area (TPSA) is 21.3 Å². The third-order valence-electron chi connectivity index (χ3n) is 3.17. The molecule has 15 heavy (non-hydrogen) atoms. The smallest absolute Gasteiger partial charge is 0.120 e. The van der Waals surface area contributed by atoms with Crippen molar-refractivity contribution in [1.82, 2.24) is 5.32 Å². The maximum absolute atomic E-state index is 6.04. The summed E-state index contributed by atoms with van der Waals surface area (Å²) in [5.41, 5.74) is 2.58. The number of ether oxygens (including phenoxy) is 1. The van der Waals surface area contributed by atoms with E-state index in [9.17, 15) is 0 Å². The maximum Gasteiger partial charge on any atom is 0.120 e. The lowest BCUT2D eigenvalue weighted by molar-refractivity contribution is 0.111. The predicted molar refractivity (Wildman–Crippen MR) is 62.4 cm³/mol. The summed E-state index contributed by atoms with van der Waals surface area (Å²) in [7, 11) is 0. The van der Waals surface area contributed by atoms with Gasteiger partial charge in [-0.1, -0.05) is 6.07 Å². The van der Waals surface area contributed by atoms with Crippen LogP contribution < -0.4 is 10.1 Å². The molecule has 0 aromatic heterocycles. The first kappa shape index (κ1) is 10.5. The SMILES string of the molecule is Cc1ccc(OC2(C)CCNC2)cc1C. The van der Waals surface area contributed by atoms with E-state index in [0.29, 0.717) is 0 Å². The van der Waals surface area contributed by atoms with Crippen LogP contribution >= 0.6 is 0 Å². The van der Waals surface area contributed by atoms with Crippen molar-refractivity contribution in [2.45, 2.75) is 32.8 Å². The van der Waals surface area contributed by atoms with Crippen molar-refractivity contribution in [1.29, 1.82) is 0 Å². The Morgan fingerprint density at radius 2 is 2.07 bits per heavy atom. The number of hydrogen-bond acceptors (Lipinski definition) is 2. The van der Waals surface area contributed by atoms with Gasteiger partial charge in [-0.2, -0.15) is 0 Å². The van der Waals surface area contributed by atoms with Gasteiger partial charge in [0.1, 0.15) is 11.4 Å². The lowest BCUT2D eigenvalue weighted by atomic mass is 10.1. The second kappa shape index (κ2) is 3.86. The van der Waals surface area contributed by atoms with Crippen LogP contribution in [0.3, 0.4) is 0 Å². The minimum absolute atomic E-state index is 0.0261. The highest BCUT2D eigenvalue weighted by atomic mass is 16.5. The molecule has 2 rings (SSSR count). The van der Waals surface area contributed by atoms with Crippen LogP contribution in [0.15, 0.2) is 18.2 Å². The Bertz CT molecular complexity index is 354. The number of aryl methyl sites for hydroxylation is 2. The van der Waals surface area contributed by atoms with Gasteiger partial charge in [-0.15, -0.1) is 0 Å². The fourth-order valence-corrected chi connectivity index (χ4v) is 1.94. The predicted octanol–water partition coefficient (Wildman–Crippen LogP) is 2.43. The van der Waals surface area contributed by atoms with E-state index >= 15 is 0 Å². The standard InChI is InChI=1S/C13H19NO/c1-10-4-5-12(8-11(10)2)15-13(3)6-7-14-9-13/h4-5,8,14H,6-7,9H2,1-3H3. The molecule has 0 saturated carbocycles. The summed E-state index contributed by atoms with van der Waals surface area (Å²) >= 11 is 0. The van der Waals surface area contributed by atoms with Crippen LogP contribution in [-0.2, 0) is 0 Å². The molecule has 1 N–H and O–H groups in total. The molecule has 1 aliphatic rings. The summed E-state index contributed by atoms with van der Waals surface area (Å²) in [6.07, 6.45) is 1.08. The van der Waals surface area contributed by atoms with Gasteiger partial charge in [0.05, 0.1) is 0 Å². The first-order chi connectivity index (χ1) is 7.09. The zero-order valence-corrected chi connectivity index (χ0v) is 9.76. The van der Waals surface area contributed by atoms with Crippen LogP contribution in [0.1, 0.15) is 24.5 Å². The highest BCUT2D eigenvalue weighted by Gasteiger charge is 2.30. The molecule has 1 heterocycles. The van der Waals surface area contributed by atoms with Gasteiger partial charge in [0.25, 0.3) is 0 Å². The van der Waals surface area contributed by atoms with E-state index in [0.717, 1.165) is 25.3 Å². The highest BCUT2D eigenvalue weighted by Crippen LogP contribution is 2.25. The van der Waals surface area contributed by atoms with E-state index in [1.165, 1.54) is 11.1 Å². The van der Waals surface area contributed by atoms with Gasteiger partial charge >= 0.3 is 0 Å². The van der Waals surface area contributed by atoms with Crippen molar-refractivity contribution in [3.05, 3.63) is 29.3 Å². The zero-order valence-electron chi connectivity index (χ0n) is 9.76. The number of hydrogen-bond donors (Lipinski definition) is 1. The largest absolute Gasteiger partial charge is 0.486 e. The van der Waals surface area contributed by atoms with E-state index in [2.05, 4.69) is 44.3 Å². The second-order valence-electron chi connectivity index (χ2n) is 4.72. The van der Waals surface area contributed by atoms with Gasteiger partial charge in [-0.3, -0.25) is 0 Å². The molecule has 0 aliphatic carbocycles. The van der Waals surface area contributed by atoms with Crippen LogP contribution in [0.2, 0.25) is 0 Å². The third kappa shape index (κ3) is 2.32. The summed E-state index contributed by atoms with van der Waals surface area (Å²) in [5.74, 6) is 0.990. The van der Waals surface area contributed by atoms with Crippen molar-refractivity contribution in [2.24, 2.45) is 0 Å². The van der Waals surface area contributed by atoms with E-state index in [1.54, 1.807) is 0 Å². The van der Waals surface area contributed by atoms with Gasteiger partial charge in [0.15, 0.2) is 0 Å². The monoisotopic (exact) mass is 205 g/mol. The van der Waals surface area contributed by atoms with Crippen LogP contribution in [0, 0.1) is 13.8 Å². The van der Waals surface area contributed by atoms with E-state index in [-0.39, 0.29) is 5.60 Å². The normalized spacial score (nSPS) is 25.5. The summed E-state index contributed by atoms with van der Waals surface area (Å²) in [4.78, 5) is 0. The fraction of sp³-hybridized carbons (Fsp3) is 0.538. The molecule has 0 spiro atoms. The molecular formula is C13H19NO. The fourth-order valence-electron chi connectivity index (χ4n) is 1.94. The number of rotatable bonds is 2. The minimum atomic E-state index is -0.0261. The Balaban J connectivity index is 2.13. The van der Waals surface area contributed by atoms with Crippen molar-refractivity contribution in [3.63, 3.8) is 0 Å². The van der Waals surface area contributed by atoms with Gasteiger partial charge in [-0.25, -0.2) is 0 Å². The molecule has 2 heteroatoms. The molecule has 1 saturated heterocycles. The van der Waals surface area contributed by atoms with Crippen LogP contribution in [-0.4, -0.2) is 18.7 Å². The molecule has 1 aliphatic heterocycles. The molecule has 0 bridgehead atoms. The Morgan fingerprint density at radius 3 is 2.67 bits per heavy atom. The number of nitrogens with one attached hydrogen (secondary N) is 1. The Kier molecular flexibility index (Phi) is 2.70. The second-order valence-corrected chi connectivity index (χ2v) is 4.72. The Morgan fingerprint density at radius 1 is 1.27 bits per heavy atom. The molecule has 0 radical (unpaired) electrons. The molecule has 1 fully saturated rings.